The van der Waals surface area contributed by atoms with E-state index in [1.165, 1.54) is 0 Å². The molecule has 0 saturated heterocycles. The second-order valence-corrected chi connectivity index (χ2v) is 4.94. The molecule has 0 amide bonds. The summed E-state index contributed by atoms with van der Waals surface area (Å²) in [7, 11) is 1.97. The minimum atomic E-state index is -0.975. The highest BCUT2D eigenvalue weighted by molar-refractivity contribution is 9.10. The number of carbonyl (C=O) groups is 1. The van der Waals surface area contributed by atoms with Gasteiger partial charge < -0.3 is 15.4 Å². The predicted octanol–water partition coefficient (Wildman–Crippen LogP) is 1.90. The van der Waals surface area contributed by atoms with E-state index in [0.717, 1.165) is 20.9 Å². The lowest BCUT2D eigenvalue weighted by Crippen LogP contribution is -2.32. The van der Waals surface area contributed by atoms with Crippen LogP contribution in [0.5, 0.6) is 0 Å². The van der Waals surface area contributed by atoms with Crippen LogP contribution in [-0.2, 0) is 18.3 Å². The van der Waals surface area contributed by atoms with E-state index in [1.54, 1.807) is 0 Å². The molecule has 0 spiro atoms. The van der Waals surface area contributed by atoms with Crippen LogP contribution < -0.4 is 5.73 Å². The third-order valence-electron chi connectivity index (χ3n) is 2.78. The summed E-state index contributed by atoms with van der Waals surface area (Å²) < 4.78 is 3.01. The molecule has 2 rings (SSSR count). The highest BCUT2D eigenvalue weighted by Gasteiger charge is 2.13. The number of aromatic nitrogens is 1. The average molecular weight is 297 g/mol. The quantitative estimate of drug-likeness (QED) is 0.909. The molecule has 1 heterocycles. The molecule has 0 bridgehead atoms. The van der Waals surface area contributed by atoms with Gasteiger partial charge in [0.2, 0.25) is 0 Å². The molecule has 1 atom stereocenters. The maximum Gasteiger partial charge on any atom is 0.320 e. The summed E-state index contributed by atoms with van der Waals surface area (Å²) in [6, 6.07) is 5.01. The Bertz CT molecular complexity index is 577. The Hall–Kier alpha value is -1.33. The van der Waals surface area contributed by atoms with Crippen LogP contribution in [0.4, 0.5) is 0 Å². The molecule has 1 aromatic heterocycles. The molecule has 0 fully saturated rings. The van der Waals surface area contributed by atoms with E-state index < -0.39 is 12.0 Å². The zero-order valence-corrected chi connectivity index (χ0v) is 10.9. The Labute approximate surface area is 107 Å². The van der Waals surface area contributed by atoms with Gasteiger partial charge in [0.25, 0.3) is 0 Å². The molecule has 2 aromatic rings. The number of rotatable bonds is 3. The maximum absolute atomic E-state index is 10.7. The Balaban J connectivity index is 2.38. The van der Waals surface area contributed by atoms with Gasteiger partial charge in [-0.1, -0.05) is 6.07 Å². The summed E-state index contributed by atoms with van der Waals surface area (Å²) in [5.41, 5.74) is 7.55. The maximum atomic E-state index is 10.7. The highest BCUT2D eigenvalue weighted by Crippen LogP contribution is 2.26. The smallest absolute Gasteiger partial charge is 0.320 e. The minimum Gasteiger partial charge on any atom is -0.480 e. The second-order valence-electron chi connectivity index (χ2n) is 4.09. The van der Waals surface area contributed by atoms with Crippen LogP contribution in [0.2, 0.25) is 0 Å². The van der Waals surface area contributed by atoms with Crippen LogP contribution >= 0.6 is 15.9 Å². The summed E-state index contributed by atoms with van der Waals surface area (Å²) in [6.07, 6.45) is 2.32. The van der Waals surface area contributed by atoms with Gasteiger partial charge in [-0.15, -0.1) is 0 Å². The molecular weight excluding hydrogens is 284 g/mol. The average Bonchev–Trinajstić information content (AvgIpc) is 2.54. The van der Waals surface area contributed by atoms with E-state index in [-0.39, 0.29) is 0 Å². The molecule has 0 radical (unpaired) electrons. The molecule has 1 unspecified atom stereocenters. The Morgan fingerprint density at radius 1 is 1.59 bits per heavy atom. The molecule has 0 aliphatic carbocycles. The van der Waals surface area contributed by atoms with Gasteiger partial charge in [0.15, 0.2) is 0 Å². The third kappa shape index (κ3) is 2.35. The summed E-state index contributed by atoms with van der Waals surface area (Å²) >= 11 is 3.48. The highest BCUT2D eigenvalue weighted by atomic mass is 79.9. The standard InChI is InChI=1S/C12H13BrN2O2/c1-15-6-9(13)8-4-7(2-3-11(8)15)5-10(14)12(16)17/h2-4,6,10H,5,14H2,1H3,(H,16,17). The number of fused-ring (bicyclic) bond motifs is 1. The molecule has 0 aliphatic heterocycles. The van der Waals surface area contributed by atoms with Crippen molar-refractivity contribution in [2.75, 3.05) is 0 Å². The summed E-state index contributed by atoms with van der Waals surface area (Å²) in [6.45, 7) is 0. The topological polar surface area (TPSA) is 68.2 Å². The summed E-state index contributed by atoms with van der Waals surface area (Å²) in [4.78, 5) is 10.7. The SMILES string of the molecule is Cn1cc(Br)c2cc(CC(N)C(=O)O)ccc21. The van der Waals surface area contributed by atoms with Gasteiger partial charge in [0, 0.05) is 28.6 Å². The normalized spacial score (nSPS) is 12.9. The monoisotopic (exact) mass is 296 g/mol. The van der Waals surface area contributed by atoms with Crippen molar-refractivity contribution in [3.05, 3.63) is 34.4 Å². The van der Waals surface area contributed by atoms with Crippen molar-refractivity contribution in [1.29, 1.82) is 0 Å². The zero-order chi connectivity index (χ0) is 12.6. The van der Waals surface area contributed by atoms with Crippen molar-refractivity contribution in [1.82, 2.24) is 4.57 Å². The lowest BCUT2D eigenvalue weighted by atomic mass is 10.1. The fourth-order valence-electron chi connectivity index (χ4n) is 1.86. The van der Waals surface area contributed by atoms with Crippen LogP contribution in [0.1, 0.15) is 5.56 Å². The van der Waals surface area contributed by atoms with Crippen molar-refractivity contribution >= 4 is 32.8 Å². The molecule has 3 N–H and O–H groups in total. The summed E-state index contributed by atoms with van der Waals surface area (Å²) in [5, 5.41) is 9.85. The van der Waals surface area contributed by atoms with E-state index in [4.69, 9.17) is 10.8 Å². The second kappa shape index (κ2) is 4.50. The van der Waals surface area contributed by atoms with Gasteiger partial charge >= 0.3 is 5.97 Å². The number of aliphatic carboxylic acids is 1. The first-order valence-corrected chi connectivity index (χ1v) is 6.00. The van der Waals surface area contributed by atoms with Gasteiger partial charge in [-0.3, -0.25) is 4.79 Å². The van der Waals surface area contributed by atoms with Gasteiger partial charge in [0.1, 0.15) is 6.04 Å². The number of hydrogen-bond acceptors (Lipinski definition) is 2. The molecule has 90 valence electrons. The van der Waals surface area contributed by atoms with Gasteiger partial charge in [-0.25, -0.2) is 0 Å². The molecule has 0 aliphatic rings. The first-order valence-electron chi connectivity index (χ1n) is 5.21. The van der Waals surface area contributed by atoms with Crippen molar-refractivity contribution in [2.24, 2.45) is 12.8 Å². The fourth-order valence-corrected chi connectivity index (χ4v) is 2.48. The molecule has 0 saturated carbocycles. The molecule has 4 nitrogen and oxygen atoms in total. The van der Waals surface area contributed by atoms with E-state index in [9.17, 15) is 4.79 Å². The van der Waals surface area contributed by atoms with Gasteiger partial charge in [0.05, 0.1) is 0 Å². The van der Waals surface area contributed by atoms with Crippen molar-refractivity contribution in [3.63, 3.8) is 0 Å². The Morgan fingerprint density at radius 3 is 2.94 bits per heavy atom. The molecule has 17 heavy (non-hydrogen) atoms. The first kappa shape index (κ1) is 12.1. The van der Waals surface area contributed by atoms with E-state index in [0.29, 0.717) is 6.42 Å². The number of nitrogens with zero attached hydrogens (tertiary/aromatic N) is 1. The molecular formula is C12H13BrN2O2. The molecule has 5 heteroatoms. The van der Waals surface area contributed by atoms with E-state index >= 15 is 0 Å². The van der Waals surface area contributed by atoms with Crippen LogP contribution in [-0.4, -0.2) is 21.7 Å². The van der Waals surface area contributed by atoms with Crippen LogP contribution in [0.15, 0.2) is 28.9 Å². The number of carboxylic acid groups (broad SMARTS) is 1. The lowest BCUT2D eigenvalue weighted by Gasteiger charge is -2.06. The largest absolute Gasteiger partial charge is 0.480 e. The lowest BCUT2D eigenvalue weighted by molar-refractivity contribution is -0.138. The van der Waals surface area contributed by atoms with Crippen molar-refractivity contribution in [2.45, 2.75) is 12.5 Å². The Kier molecular flexibility index (Phi) is 3.22. The third-order valence-corrected chi connectivity index (χ3v) is 3.41. The van der Waals surface area contributed by atoms with Crippen molar-refractivity contribution in [3.8, 4) is 0 Å². The summed E-state index contributed by atoms with van der Waals surface area (Å²) in [5.74, 6) is -0.975. The molecule has 1 aromatic carbocycles. The van der Waals surface area contributed by atoms with E-state index in [1.807, 2.05) is 36.0 Å². The first-order chi connectivity index (χ1) is 7.99. The van der Waals surface area contributed by atoms with Crippen molar-refractivity contribution < 1.29 is 9.90 Å². The predicted molar refractivity (Wildman–Crippen MR) is 69.9 cm³/mol. The van der Waals surface area contributed by atoms with Crippen LogP contribution in [0.25, 0.3) is 10.9 Å². The zero-order valence-electron chi connectivity index (χ0n) is 9.35. The minimum absolute atomic E-state index is 0.340. The number of halogens is 1. The van der Waals surface area contributed by atoms with Crippen LogP contribution in [0.3, 0.4) is 0 Å². The fraction of sp³-hybridized carbons (Fsp3) is 0.250. The van der Waals surface area contributed by atoms with Gasteiger partial charge in [-0.05, 0) is 40.0 Å². The van der Waals surface area contributed by atoms with Crippen LogP contribution in [0, 0.1) is 0 Å². The van der Waals surface area contributed by atoms with Gasteiger partial charge in [-0.2, -0.15) is 0 Å². The number of carboxylic acids is 1. The number of nitrogens with two attached hydrogens (primary N) is 1. The van der Waals surface area contributed by atoms with E-state index in [2.05, 4.69) is 15.9 Å². The Morgan fingerprint density at radius 2 is 2.29 bits per heavy atom. The number of benzene rings is 1. The number of aryl methyl sites for hydroxylation is 1. The number of hydrogen-bond donors (Lipinski definition) is 2.